The number of aliphatic hydroxyl groups is 1. The zero-order valence-electron chi connectivity index (χ0n) is 11.7. The fourth-order valence-corrected chi connectivity index (χ4v) is 3.08. The van der Waals surface area contributed by atoms with Gasteiger partial charge in [-0.1, -0.05) is 18.2 Å². The molecule has 0 amide bonds. The molecule has 0 fully saturated rings. The van der Waals surface area contributed by atoms with Gasteiger partial charge in [-0.25, -0.2) is 9.36 Å². The van der Waals surface area contributed by atoms with E-state index >= 15 is 0 Å². The van der Waals surface area contributed by atoms with E-state index in [0.29, 0.717) is 16.5 Å². The molecule has 23 heavy (non-hydrogen) atoms. The van der Waals surface area contributed by atoms with Crippen LogP contribution in [0.15, 0.2) is 47.3 Å². The second kappa shape index (κ2) is 4.48. The fourth-order valence-electron chi connectivity index (χ4n) is 3.08. The normalized spacial score (nSPS) is 17.1. The van der Waals surface area contributed by atoms with Gasteiger partial charge in [-0.05, 0) is 29.8 Å². The number of para-hydroxylation sites is 1. The second-order valence-corrected chi connectivity index (χ2v) is 5.50. The molecule has 1 aliphatic heterocycles. The minimum Gasteiger partial charge on any atom is -0.371 e. The molecule has 1 aliphatic rings. The number of fused-ring (bicyclic) bond motifs is 5. The molecule has 4 rings (SSSR count). The van der Waals surface area contributed by atoms with Crippen LogP contribution in [0.2, 0.25) is 0 Å². The summed E-state index contributed by atoms with van der Waals surface area (Å²) >= 11 is 0. The topological polar surface area (TPSA) is 47.2 Å². The van der Waals surface area contributed by atoms with Gasteiger partial charge < -0.3 is 5.11 Å². The first kappa shape index (κ1) is 14.1. The molecule has 118 valence electrons. The fraction of sp³-hybridized carbons (Fsp3) is 0.188. The average Bonchev–Trinajstić information content (AvgIpc) is 2.81. The van der Waals surface area contributed by atoms with Crippen LogP contribution in [-0.2, 0) is 12.6 Å². The van der Waals surface area contributed by atoms with E-state index in [4.69, 9.17) is 0 Å². The van der Waals surface area contributed by atoms with Crippen LogP contribution in [0.1, 0.15) is 17.4 Å². The van der Waals surface area contributed by atoms with Gasteiger partial charge in [-0.15, -0.1) is 0 Å². The Kier molecular flexibility index (Phi) is 2.74. The van der Waals surface area contributed by atoms with Crippen molar-refractivity contribution in [2.24, 2.45) is 0 Å². The molecule has 0 saturated carbocycles. The van der Waals surface area contributed by atoms with Crippen molar-refractivity contribution in [1.82, 2.24) is 9.36 Å². The highest BCUT2D eigenvalue weighted by molar-refractivity contribution is 5.81. The molecular weight excluding hydrogens is 309 g/mol. The molecule has 1 atom stereocenters. The van der Waals surface area contributed by atoms with E-state index in [9.17, 15) is 23.1 Å². The van der Waals surface area contributed by atoms with Crippen LogP contribution in [0.25, 0.3) is 16.6 Å². The summed E-state index contributed by atoms with van der Waals surface area (Å²) in [6.07, 6.45) is -5.50. The Morgan fingerprint density at radius 3 is 2.61 bits per heavy atom. The molecule has 0 aliphatic carbocycles. The largest absolute Gasteiger partial charge is 0.416 e. The second-order valence-electron chi connectivity index (χ2n) is 5.50. The van der Waals surface area contributed by atoms with Crippen LogP contribution in [0, 0.1) is 0 Å². The number of aromatic nitrogens is 2. The maximum absolute atomic E-state index is 13.0. The molecule has 3 aromatic rings. The monoisotopic (exact) mass is 320 g/mol. The van der Waals surface area contributed by atoms with E-state index in [1.54, 1.807) is 24.3 Å². The number of rotatable bonds is 0. The number of aliphatic hydroxyl groups excluding tert-OH is 1. The zero-order chi connectivity index (χ0) is 16.4. The SMILES string of the molecule is O=c1c2ccccc2n2n1C(O)Cc1ccc(C(F)(F)F)cc1-2. The molecule has 0 bridgehead atoms. The number of halogens is 3. The van der Waals surface area contributed by atoms with Gasteiger partial charge in [0, 0.05) is 6.42 Å². The van der Waals surface area contributed by atoms with Gasteiger partial charge in [0.1, 0.15) is 0 Å². The predicted octanol–water partition coefficient (Wildman–Crippen LogP) is 2.86. The van der Waals surface area contributed by atoms with Crippen LogP contribution >= 0.6 is 0 Å². The van der Waals surface area contributed by atoms with Crippen molar-refractivity contribution in [3.8, 4) is 5.69 Å². The van der Waals surface area contributed by atoms with Crippen molar-refractivity contribution in [3.63, 3.8) is 0 Å². The lowest BCUT2D eigenvalue weighted by atomic mass is 10.0. The molecular formula is C16H11F3N2O2. The van der Waals surface area contributed by atoms with E-state index in [0.717, 1.165) is 16.8 Å². The van der Waals surface area contributed by atoms with Crippen LogP contribution in [-0.4, -0.2) is 14.5 Å². The molecule has 0 radical (unpaired) electrons. The van der Waals surface area contributed by atoms with E-state index in [1.165, 1.54) is 10.7 Å². The van der Waals surface area contributed by atoms with E-state index in [2.05, 4.69) is 0 Å². The van der Waals surface area contributed by atoms with Crippen molar-refractivity contribution in [2.45, 2.75) is 18.8 Å². The summed E-state index contributed by atoms with van der Waals surface area (Å²) in [5, 5.41) is 10.6. The van der Waals surface area contributed by atoms with Gasteiger partial charge >= 0.3 is 6.18 Å². The molecule has 1 N–H and O–H groups in total. The molecule has 7 heteroatoms. The minimum absolute atomic E-state index is 0.0870. The lowest BCUT2D eigenvalue weighted by Gasteiger charge is -2.26. The minimum atomic E-state index is -4.47. The summed E-state index contributed by atoms with van der Waals surface area (Å²) in [5.41, 5.74) is 0.0899. The van der Waals surface area contributed by atoms with Gasteiger partial charge in [-0.2, -0.15) is 13.2 Å². The van der Waals surface area contributed by atoms with Crippen molar-refractivity contribution in [2.75, 3.05) is 0 Å². The number of hydrogen-bond donors (Lipinski definition) is 1. The zero-order valence-corrected chi connectivity index (χ0v) is 11.7. The third-order valence-electron chi connectivity index (χ3n) is 4.11. The van der Waals surface area contributed by atoms with Crippen molar-refractivity contribution in [3.05, 3.63) is 63.9 Å². The molecule has 0 spiro atoms. The van der Waals surface area contributed by atoms with Crippen LogP contribution in [0.3, 0.4) is 0 Å². The number of benzene rings is 2. The molecule has 2 aromatic carbocycles. The number of alkyl halides is 3. The van der Waals surface area contributed by atoms with E-state index in [-0.39, 0.29) is 12.1 Å². The third-order valence-corrected chi connectivity index (χ3v) is 4.11. The predicted molar refractivity (Wildman–Crippen MR) is 77.5 cm³/mol. The van der Waals surface area contributed by atoms with Crippen LogP contribution in [0.4, 0.5) is 13.2 Å². The first-order valence-corrected chi connectivity index (χ1v) is 6.99. The van der Waals surface area contributed by atoms with Gasteiger partial charge in [0.2, 0.25) is 0 Å². The third kappa shape index (κ3) is 1.93. The molecule has 0 saturated heterocycles. The Bertz CT molecular complexity index is 985. The van der Waals surface area contributed by atoms with Crippen molar-refractivity contribution < 1.29 is 18.3 Å². The first-order valence-electron chi connectivity index (χ1n) is 6.99. The highest BCUT2D eigenvalue weighted by Crippen LogP contribution is 2.35. The number of nitrogens with zero attached hydrogens (tertiary/aromatic N) is 2. The summed E-state index contributed by atoms with van der Waals surface area (Å²) < 4.78 is 41.5. The summed E-state index contributed by atoms with van der Waals surface area (Å²) in [6.45, 7) is 0. The van der Waals surface area contributed by atoms with Gasteiger partial charge in [0.05, 0.1) is 22.2 Å². The Hall–Kier alpha value is -2.54. The Balaban J connectivity index is 2.11. The molecule has 1 aromatic heterocycles. The highest BCUT2D eigenvalue weighted by Gasteiger charge is 2.33. The average molecular weight is 320 g/mol. The summed E-state index contributed by atoms with van der Waals surface area (Å²) in [6, 6.07) is 9.98. The van der Waals surface area contributed by atoms with Gasteiger partial charge in [0.25, 0.3) is 5.56 Å². The molecule has 4 nitrogen and oxygen atoms in total. The maximum Gasteiger partial charge on any atom is 0.416 e. The van der Waals surface area contributed by atoms with Gasteiger partial charge in [-0.3, -0.25) is 4.79 Å². The summed E-state index contributed by atoms with van der Waals surface area (Å²) in [5.74, 6) is 0. The standard InChI is InChI=1S/C16H11F3N2O2/c17-16(18,19)10-6-5-9-7-14(22)21-15(23)11-3-1-2-4-12(11)20(21)13(9)8-10/h1-6,8,14,22H,7H2. The lowest BCUT2D eigenvalue weighted by molar-refractivity contribution is -0.137. The van der Waals surface area contributed by atoms with Crippen molar-refractivity contribution >= 4 is 10.9 Å². The molecule has 2 heterocycles. The highest BCUT2D eigenvalue weighted by atomic mass is 19.4. The molecule has 1 unspecified atom stereocenters. The van der Waals surface area contributed by atoms with Crippen LogP contribution < -0.4 is 5.56 Å². The quantitative estimate of drug-likeness (QED) is 0.692. The Morgan fingerprint density at radius 2 is 1.87 bits per heavy atom. The Morgan fingerprint density at radius 1 is 1.13 bits per heavy atom. The van der Waals surface area contributed by atoms with E-state index < -0.39 is 23.5 Å². The summed E-state index contributed by atoms with van der Waals surface area (Å²) in [4.78, 5) is 12.4. The summed E-state index contributed by atoms with van der Waals surface area (Å²) in [7, 11) is 0. The van der Waals surface area contributed by atoms with Crippen LogP contribution in [0.5, 0.6) is 0 Å². The first-order chi connectivity index (χ1) is 10.9. The van der Waals surface area contributed by atoms with Crippen molar-refractivity contribution in [1.29, 1.82) is 0 Å². The Labute approximate surface area is 128 Å². The number of hydrogen-bond acceptors (Lipinski definition) is 2. The van der Waals surface area contributed by atoms with Gasteiger partial charge in [0.15, 0.2) is 6.23 Å². The van der Waals surface area contributed by atoms with E-state index in [1.807, 2.05) is 0 Å². The lowest BCUT2D eigenvalue weighted by Crippen LogP contribution is -2.32. The maximum atomic E-state index is 13.0. The smallest absolute Gasteiger partial charge is 0.371 e.